The molecule has 1 aromatic carbocycles. The van der Waals surface area contributed by atoms with Crippen molar-refractivity contribution in [3.8, 4) is 0 Å². The summed E-state index contributed by atoms with van der Waals surface area (Å²) in [7, 11) is 0. The maximum absolute atomic E-state index is 5.95. The van der Waals surface area contributed by atoms with E-state index in [0.717, 1.165) is 34.4 Å². The summed E-state index contributed by atoms with van der Waals surface area (Å²) in [4.78, 5) is 0. The first-order valence-corrected chi connectivity index (χ1v) is 8.50. The molecule has 1 saturated carbocycles. The highest BCUT2D eigenvalue weighted by Crippen LogP contribution is 2.30. The zero-order chi connectivity index (χ0) is 13.7. The summed E-state index contributed by atoms with van der Waals surface area (Å²) in [5.74, 6) is 1.86. The van der Waals surface area contributed by atoms with Crippen LogP contribution in [0.2, 0.25) is 5.02 Å². The lowest BCUT2D eigenvalue weighted by molar-refractivity contribution is 0.262. The van der Waals surface area contributed by atoms with Gasteiger partial charge < -0.3 is 5.32 Å². The first-order valence-electron chi connectivity index (χ1n) is 7.33. The summed E-state index contributed by atoms with van der Waals surface area (Å²) in [6.07, 6.45) is 7.00. The smallest absolute Gasteiger partial charge is 0.0417 e. The second kappa shape index (κ2) is 7.66. The van der Waals surface area contributed by atoms with Gasteiger partial charge in [0, 0.05) is 16.0 Å². The van der Waals surface area contributed by atoms with Gasteiger partial charge in [0.2, 0.25) is 0 Å². The fraction of sp³-hybridized carbons (Fsp3) is 0.625. The average Bonchev–Trinajstić information content (AvgIpc) is 2.42. The Hall–Kier alpha value is -0.0500. The zero-order valence-electron chi connectivity index (χ0n) is 11.6. The molecule has 2 rings (SSSR count). The fourth-order valence-electron chi connectivity index (χ4n) is 2.92. The third-order valence-electron chi connectivity index (χ3n) is 4.31. The molecule has 0 amide bonds. The van der Waals surface area contributed by atoms with Crippen molar-refractivity contribution in [3.05, 3.63) is 33.3 Å². The molecule has 19 heavy (non-hydrogen) atoms. The normalized spacial score (nSPS) is 23.5. The maximum Gasteiger partial charge on any atom is 0.0417 e. The monoisotopic (exact) mass is 343 g/mol. The second-order valence-electron chi connectivity index (χ2n) is 5.66. The van der Waals surface area contributed by atoms with E-state index in [2.05, 4.69) is 34.2 Å². The van der Waals surface area contributed by atoms with E-state index in [4.69, 9.17) is 11.6 Å². The van der Waals surface area contributed by atoms with Crippen LogP contribution in [0.5, 0.6) is 0 Å². The minimum absolute atomic E-state index is 0.786. The Morgan fingerprint density at radius 2 is 1.89 bits per heavy atom. The van der Waals surface area contributed by atoms with E-state index in [0.29, 0.717) is 0 Å². The number of benzene rings is 1. The molecule has 0 spiro atoms. The van der Waals surface area contributed by atoms with Crippen molar-refractivity contribution in [1.29, 1.82) is 0 Å². The lowest BCUT2D eigenvalue weighted by Crippen LogP contribution is -2.26. The molecule has 0 atom stereocenters. The molecule has 3 heteroatoms. The highest BCUT2D eigenvalue weighted by Gasteiger charge is 2.19. The number of hydrogen-bond acceptors (Lipinski definition) is 1. The van der Waals surface area contributed by atoms with E-state index in [1.165, 1.54) is 37.7 Å². The Morgan fingerprint density at radius 1 is 1.21 bits per heavy atom. The van der Waals surface area contributed by atoms with Crippen LogP contribution >= 0.6 is 27.5 Å². The van der Waals surface area contributed by atoms with E-state index in [9.17, 15) is 0 Å². The van der Waals surface area contributed by atoms with Crippen molar-refractivity contribution in [3.63, 3.8) is 0 Å². The molecule has 0 aliphatic heterocycles. The summed E-state index contributed by atoms with van der Waals surface area (Å²) in [5, 5.41) is 4.38. The van der Waals surface area contributed by atoms with E-state index in [1.54, 1.807) is 0 Å². The summed E-state index contributed by atoms with van der Waals surface area (Å²) in [6.45, 7) is 4.39. The lowest BCUT2D eigenvalue weighted by atomic mass is 9.81. The van der Waals surface area contributed by atoms with Crippen molar-refractivity contribution in [2.75, 3.05) is 6.54 Å². The molecule has 0 unspecified atom stereocenters. The number of hydrogen-bond donors (Lipinski definition) is 1. The van der Waals surface area contributed by atoms with E-state index in [-0.39, 0.29) is 0 Å². The molecule has 1 aromatic rings. The lowest BCUT2D eigenvalue weighted by Gasteiger charge is -2.28. The number of rotatable bonds is 5. The molecule has 0 bridgehead atoms. The Balaban J connectivity index is 1.72. The topological polar surface area (TPSA) is 12.0 Å². The molecule has 1 nitrogen and oxygen atoms in total. The van der Waals surface area contributed by atoms with Crippen LogP contribution < -0.4 is 5.32 Å². The van der Waals surface area contributed by atoms with Gasteiger partial charge in [0.1, 0.15) is 0 Å². The Morgan fingerprint density at radius 3 is 2.53 bits per heavy atom. The standard InChI is InChI=1S/C16H23BrClN/c1-2-12-3-5-13(6-4-12)10-19-11-14-7-8-15(18)9-16(14)17/h7-9,12-13,19H,2-6,10-11H2,1H3. The van der Waals surface area contributed by atoms with Crippen LogP contribution in [-0.4, -0.2) is 6.54 Å². The molecule has 0 radical (unpaired) electrons. The van der Waals surface area contributed by atoms with Gasteiger partial charge in [-0.3, -0.25) is 0 Å². The van der Waals surface area contributed by atoms with Gasteiger partial charge in [-0.25, -0.2) is 0 Å². The predicted molar refractivity (Wildman–Crippen MR) is 86.6 cm³/mol. The van der Waals surface area contributed by atoms with Gasteiger partial charge in [0.05, 0.1) is 0 Å². The first kappa shape index (κ1) is 15.3. The largest absolute Gasteiger partial charge is 0.312 e. The molecule has 1 fully saturated rings. The predicted octanol–water partition coefficient (Wildman–Crippen LogP) is 5.41. The summed E-state index contributed by atoms with van der Waals surface area (Å²) < 4.78 is 1.10. The van der Waals surface area contributed by atoms with Crippen LogP contribution in [0, 0.1) is 11.8 Å². The molecule has 0 aromatic heterocycles. The summed E-state index contributed by atoms with van der Waals surface area (Å²) in [6, 6.07) is 6.01. The quantitative estimate of drug-likeness (QED) is 0.753. The maximum atomic E-state index is 5.95. The van der Waals surface area contributed by atoms with Crippen molar-refractivity contribution in [1.82, 2.24) is 5.32 Å². The highest BCUT2D eigenvalue weighted by atomic mass is 79.9. The molecule has 1 N–H and O–H groups in total. The molecule has 0 saturated heterocycles. The van der Waals surface area contributed by atoms with Gasteiger partial charge in [-0.15, -0.1) is 0 Å². The minimum atomic E-state index is 0.786. The van der Waals surface area contributed by atoms with E-state index >= 15 is 0 Å². The van der Waals surface area contributed by atoms with E-state index in [1.807, 2.05) is 12.1 Å². The first-order chi connectivity index (χ1) is 9.19. The third-order valence-corrected chi connectivity index (χ3v) is 5.28. The van der Waals surface area contributed by atoms with Crippen molar-refractivity contribution in [2.45, 2.75) is 45.6 Å². The second-order valence-corrected chi connectivity index (χ2v) is 6.95. The average molecular weight is 345 g/mol. The van der Waals surface area contributed by atoms with Crippen LogP contribution in [0.4, 0.5) is 0 Å². The molecule has 1 aliphatic carbocycles. The minimum Gasteiger partial charge on any atom is -0.312 e. The van der Waals surface area contributed by atoms with Crippen LogP contribution in [-0.2, 0) is 6.54 Å². The highest BCUT2D eigenvalue weighted by molar-refractivity contribution is 9.10. The van der Waals surface area contributed by atoms with Gasteiger partial charge in [0.15, 0.2) is 0 Å². The zero-order valence-corrected chi connectivity index (χ0v) is 13.9. The van der Waals surface area contributed by atoms with Crippen LogP contribution in [0.1, 0.15) is 44.6 Å². The van der Waals surface area contributed by atoms with Gasteiger partial charge in [-0.2, -0.15) is 0 Å². The Kier molecular flexibility index (Phi) is 6.18. The van der Waals surface area contributed by atoms with Gasteiger partial charge in [0.25, 0.3) is 0 Å². The summed E-state index contributed by atoms with van der Waals surface area (Å²) in [5.41, 5.74) is 1.28. The summed E-state index contributed by atoms with van der Waals surface area (Å²) >= 11 is 9.52. The molecule has 106 valence electrons. The Labute approximate surface area is 130 Å². The fourth-order valence-corrected chi connectivity index (χ4v) is 3.74. The van der Waals surface area contributed by atoms with Gasteiger partial charge in [-0.05, 0) is 48.9 Å². The SMILES string of the molecule is CCC1CCC(CNCc2ccc(Cl)cc2Br)CC1. The number of halogens is 2. The molecular weight excluding hydrogens is 322 g/mol. The van der Waals surface area contributed by atoms with E-state index < -0.39 is 0 Å². The van der Waals surface area contributed by atoms with Crippen LogP contribution in [0.3, 0.4) is 0 Å². The van der Waals surface area contributed by atoms with Crippen LogP contribution in [0.15, 0.2) is 22.7 Å². The van der Waals surface area contributed by atoms with Crippen molar-refractivity contribution < 1.29 is 0 Å². The van der Waals surface area contributed by atoms with Gasteiger partial charge >= 0.3 is 0 Å². The molecule has 0 heterocycles. The van der Waals surface area contributed by atoms with Crippen molar-refractivity contribution >= 4 is 27.5 Å². The number of nitrogens with one attached hydrogen (secondary N) is 1. The van der Waals surface area contributed by atoms with Crippen LogP contribution in [0.25, 0.3) is 0 Å². The Bertz CT molecular complexity index is 400. The van der Waals surface area contributed by atoms with Gasteiger partial charge in [-0.1, -0.05) is 59.8 Å². The third kappa shape index (κ3) is 4.77. The molecular formula is C16H23BrClN. The molecule has 1 aliphatic rings. The van der Waals surface area contributed by atoms with Crippen molar-refractivity contribution in [2.24, 2.45) is 11.8 Å².